The molecule has 0 N–H and O–H groups in total. The summed E-state index contributed by atoms with van der Waals surface area (Å²) in [4.78, 5) is 19.0. The Hall–Kier alpha value is -2.91. The molecule has 0 unspecified atom stereocenters. The van der Waals surface area contributed by atoms with Gasteiger partial charge < -0.3 is 9.80 Å². The van der Waals surface area contributed by atoms with E-state index in [1.807, 2.05) is 48.2 Å². The van der Waals surface area contributed by atoms with Gasteiger partial charge in [-0.15, -0.1) is 0 Å². The summed E-state index contributed by atoms with van der Waals surface area (Å²) in [5.74, 6) is -0.298. The quantitative estimate of drug-likeness (QED) is 0.835. The number of para-hydroxylation sites is 1. The minimum atomic E-state index is -0.441. The molecule has 5 nitrogen and oxygen atoms in total. The molecule has 0 bridgehead atoms. The minimum absolute atomic E-state index is 0.0137. The van der Waals surface area contributed by atoms with Gasteiger partial charge in [0.1, 0.15) is 17.9 Å². The van der Waals surface area contributed by atoms with E-state index in [0.717, 1.165) is 11.3 Å². The first-order valence-corrected chi connectivity index (χ1v) is 8.96. The Balaban J connectivity index is 1.71. The number of anilines is 1. The minimum Gasteiger partial charge on any atom is -0.367 e. The van der Waals surface area contributed by atoms with Crippen LogP contribution in [0.15, 0.2) is 48.5 Å². The van der Waals surface area contributed by atoms with E-state index in [2.05, 4.69) is 11.0 Å². The highest BCUT2D eigenvalue weighted by atomic mass is 19.1. The number of benzene rings is 2. The summed E-state index contributed by atoms with van der Waals surface area (Å²) in [7, 11) is 3.71. The molecule has 1 saturated heterocycles. The molecule has 1 atom stereocenters. The molecule has 140 valence electrons. The number of rotatable bonds is 4. The lowest BCUT2D eigenvalue weighted by atomic mass is 10.0. The number of nitriles is 1. The number of nitrogens with zero attached hydrogens (tertiary/aromatic N) is 4. The van der Waals surface area contributed by atoms with Crippen LogP contribution in [0.2, 0.25) is 0 Å². The normalized spacial score (nSPS) is 15.5. The molecule has 0 spiro atoms. The zero-order valence-corrected chi connectivity index (χ0v) is 15.6. The molecular weight excluding hydrogens is 343 g/mol. The zero-order valence-electron chi connectivity index (χ0n) is 15.6. The second-order valence-electron chi connectivity index (χ2n) is 6.86. The lowest BCUT2D eigenvalue weighted by molar-refractivity contribution is -0.136. The molecule has 0 saturated carbocycles. The highest BCUT2D eigenvalue weighted by Gasteiger charge is 2.30. The van der Waals surface area contributed by atoms with Crippen molar-refractivity contribution in [1.29, 1.82) is 5.26 Å². The van der Waals surface area contributed by atoms with Gasteiger partial charge in [0.25, 0.3) is 0 Å². The molecule has 1 aliphatic heterocycles. The maximum Gasteiger partial charge on any atom is 0.244 e. The number of hydrogen-bond acceptors (Lipinski definition) is 4. The van der Waals surface area contributed by atoms with Gasteiger partial charge in [-0.3, -0.25) is 9.69 Å². The summed E-state index contributed by atoms with van der Waals surface area (Å²) in [5.41, 5.74) is 2.34. The first-order valence-electron chi connectivity index (χ1n) is 8.96. The Kier molecular flexibility index (Phi) is 5.72. The van der Waals surface area contributed by atoms with E-state index in [4.69, 9.17) is 0 Å². The maximum atomic E-state index is 13.2. The first kappa shape index (κ1) is 18.9. The summed E-state index contributed by atoms with van der Waals surface area (Å²) in [5, 5.41) is 9.30. The van der Waals surface area contributed by atoms with Crippen LogP contribution in [-0.2, 0) is 4.79 Å². The van der Waals surface area contributed by atoms with Gasteiger partial charge in [0.05, 0.1) is 11.3 Å². The molecule has 1 aliphatic rings. The fraction of sp³-hybridized carbons (Fsp3) is 0.333. The van der Waals surface area contributed by atoms with Crippen LogP contribution in [0, 0.1) is 17.1 Å². The smallest absolute Gasteiger partial charge is 0.244 e. The van der Waals surface area contributed by atoms with Crippen LogP contribution in [-0.4, -0.2) is 56.0 Å². The van der Waals surface area contributed by atoms with E-state index in [1.54, 1.807) is 12.1 Å². The predicted octanol–water partition coefficient (Wildman–Crippen LogP) is 2.65. The Morgan fingerprint density at radius 2 is 1.70 bits per heavy atom. The monoisotopic (exact) mass is 366 g/mol. The predicted molar refractivity (Wildman–Crippen MR) is 103 cm³/mol. The largest absolute Gasteiger partial charge is 0.367 e. The highest BCUT2D eigenvalue weighted by molar-refractivity contribution is 5.83. The van der Waals surface area contributed by atoms with Crippen molar-refractivity contribution in [3.05, 3.63) is 65.5 Å². The van der Waals surface area contributed by atoms with Crippen molar-refractivity contribution < 1.29 is 9.18 Å². The van der Waals surface area contributed by atoms with Crippen molar-refractivity contribution in [2.75, 3.05) is 45.2 Å². The van der Waals surface area contributed by atoms with Crippen LogP contribution >= 0.6 is 0 Å². The van der Waals surface area contributed by atoms with Gasteiger partial charge in [-0.25, -0.2) is 4.39 Å². The third-order valence-electron chi connectivity index (χ3n) is 4.89. The van der Waals surface area contributed by atoms with E-state index >= 15 is 0 Å². The molecule has 3 rings (SSSR count). The van der Waals surface area contributed by atoms with Gasteiger partial charge >= 0.3 is 0 Å². The molecule has 1 amide bonds. The molecule has 0 radical (unpaired) electrons. The third-order valence-corrected chi connectivity index (χ3v) is 4.89. The summed E-state index contributed by atoms with van der Waals surface area (Å²) < 4.78 is 13.2. The number of halogens is 1. The lowest BCUT2D eigenvalue weighted by Gasteiger charge is -2.39. The van der Waals surface area contributed by atoms with E-state index in [1.165, 1.54) is 12.1 Å². The summed E-state index contributed by atoms with van der Waals surface area (Å²) >= 11 is 0. The summed E-state index contributed by atoms with van der Waals surface area (Å²) in [6.45, 7) is 2.52. The van der Waals surface area contributed by atoms with Crippen LogP contribution in [0.25, 0.3) is 0 Å². The number of hydrogen-bond donors (Lipinski definition) is 0. The number of carbonyl (C=O) groups excluding carboxylic acids is 1. The molecule has 0 aliphatic carbocycles. The molecule has 2 aromatic carbocycles. The SMILES string of the molecule is CN(C)[C@H](C(=O)N1CCN(c2ccccc2C#N)CC1)c1ccc(F)cc1. The average Bonchev–Trinajstić information content (AvgIpc) is 2.69. The molecular formula is C21H23FN4O. The lowest BCUT2D eigenvalue weighted by Crippen LogP contribution is -2.51. The number of piperazine rings is 1. The average molecular weight is 366 g/mol. The fourth-order valence-electron chi connectivity index (χ4n) is 3.49. The van der Waals surface area contributed by atoms with E-state index in [0.29, 0.717) is 31.7 Å². The Morgan fingerprint density at radius 1 is 1.07 bits per heavy atom. The van der Waals surface area contributed by atoms with E-state index < -0.39 is 6.04 Å². The van der Waals surface area contributed by atoms with Crippen molar-refractivity contribution in [2.45, 2.75) is 6.04 Å². The molecule has 2 aromatic rings. The Morgan fingerprint density at radius 3 is 2.30 bits per heavy atom. The van der Waals surface area contributed by atoms with Gasteiger partial charge in [0, 0.05) is 26.2 Å². The van der Waals surface area contributed by atoms with Crippen molar-refractivity contribution in [1.82, 2.24) is 9.80 Å². The van der Waals surface area contributed by atoms with Crippen LogP contribution in [0.5, 0.6) is 0 Å². The topological polar surface area (TPSA) is 50.6 Å². The molecule has 27 heavy (non-hydrogen) atoms. The van der Waals surface area contributed by atoms with Crippen molar-refractivity contribution in [2.24, 2.45) is 0 Å². The first-order chi connectivity index (χ1) is 13.0. The second kappa shape index (κ2) is 8.19. The van der Waals surface area contributed by atoms with Gasteiger partial charge in [-0.05, 0) is 43.9 Å². The van der Waals surface area contributed by atoms with E-state index in [9.17, 15) is 14.4 Å². The highest BCUT2D eigenvalue weighted by Crippen LogP contribution is 2.25. The Bertz CT molecular complexity index is 836. The van der Waals surface area contributed by atoms with Gasteiger partial charge in [-0.1, -0.05) is 24.3 Å². The summed E-state index contributed by atoms with van der Waals surface area (Å²) in [6, 6.07) is 15.4. The zero-order chi connectivity index (χ0) is 19.4. The standard InChI is InChI=1S/C21H23FN4O/c1-24(2)20(16-7-9-18(22)10-8-16)21(27)26-13-11-25(12-14-26)19-6-4-3-5-17(19)15-23/h3-10,20H,11-14H2,1-2H3/t20-/m0/s1. The van der Waals surface area contributed by atoms with Gasteiger partial charge in [0.15, 0.2) is 0 Å². The van der Waals surface area contributed by atoms with Crippen molar-refractivity contribution >= 4 is 11.6 Å². The molecule has 6 heteroatoms. The molecule has 1 heterocycles. The van der Waals surface area contributed by atoms with E-state index in [-0.39, 0.29) is 11.7 Å². The van der Waals surface area contributed by atoms with Crippen LogP contribution in [0.1, 0.15) is 17.2 Å². The number of carbonyl (C=O) groups is 1. The molecule has 1 fully saturated rings. The number of amides is 1. The van der Waals surface area contributed by atoms with Gasteiger partial charge in [0.2, 0.25) is 5.91 Å². The number of likely N-dealkylation sites (N-methyl/N-ethyl adjacent to an activating group) is 1. The van der Waals surface area contributed by atoms with Crippen LogP contribution in [0.4, 0.5) is 10.1 Å². The van der Waals surface area contributed by atoms with Gasteiger partial charge in [-0.2, -0.15) is 5.26 Å². The van der Waals surface area contributed by atoms with Crippen LogP contribution in [0.3, 0.4) is 0 Å². The summed E-state index contributed by atoms with van der Waals surface area (Å²) in [6.07, 6.45) is 0. The molecule has 0 aromatic heterocycles. The third kappa shape index (κ3) is 4.09. The van der Waals surface area contributed by atoms with Crippen LogP contribution < -0.4 is 4.90 Å². The van der Waals surface area contributed by atoms with Crippen molar-refractivity contribution in [3.63, 3.8) is 0 Å². The fourth-order valence-corrected chi connectivity index (χ4v) is 3.49. The van der Waals surface area contributed by atoms with Crippen molar-refractivity contribution in [3.8, 4) is 6.07 Å². The maximum absolute atomic E-state index is 13.2. The Labute approximate surface area is 159 Å². The second-order valence-corrected chi connectivity index (χ2v) is 6.86.